The lowest BCUT2D eigenvalue weighted by Gasteiger charge is -2.10. The van der Waals surface area contributed by atoms with Crippen molar-refractivity contribution < 1.29 is 4.39 Å². The summed E-state index contributed by atoms with van der Waals surface area (Å²) in [5.41, 5.74) is 3.15. The third-order valence-electron chi connectivity index (χ3n) is 3.01. The molecule has 1 N–H and O–H groups in total. The molecule has 0 radical (unpaired) electrons. The minimum Gasteiger partial charge on any atom is -0.313 e. The summed E-state index contributed by atoms with van der Waals surface area (Å²) in [7, 11) is 0. The van der Waals surface area contributed by atoms with Gasteiger partial charge in [-0.05, 0) is 48.4 Å². The molecule has 0 aliphatic heterocycles. The first-order valence-corrected chi connectivity index (χ1v) is 6.67. The maximum atomic E-state index is 13.4. The van der Waals surface area contributed by atoms with Crippen LogP contribution in [0.2, 0.25) is 0 Å². The van der Waals surface area contributed by atoms with E-state index in [1.165, 1.54) is 6.07 Å². The Bertz CT molecular complexity index is 511. The van der Waals surface area contributed by atoms with Gasteiger partial charge < -0.3 is 5.32 Å². The molecular formula is C16H19FN2. The predicted molar refractivity (Wildman–Crippen MR) is 75.4 cm³/mol. The van der Waals surface area contributed by atoms with Crippen molar-refractivity contribution in [3.8, 4) is 0 Å². The van der Waals surface area contributed by atoms with Gasteiger partial charge in [0.2, 0.25) is 0 Å². The lowest BCUT2D eigenvalue weighted by Crippen LogP contribution is -2.15. The molecule has 2 nitrogen and oxygen atoms in total. The summed E-state index contributed by atoms with van der Waals surface area (Å²) in [6.07, 6.45) is 3.60. The van der Waals surface area contributed by atoms with Crippen molar-refractivity contribution in [3.05, 3.63) is 65.2 Å². The predicted octanol–water partition coefficient (Wildman–Crippen LogP) is 3.31. The van der Waals surface area contributed by atoms with Gasteiger partial charge in [0.15, 0.2) is 0 Å². The van der Waals surface area contributed by atoms with Crippen LogP contribution < -0.4 is 5.32 Å². The third-order valence-corrected chi connectivity index (χ3v) is 3.01. The van der Waals surface area contributed by atoms with E-state index < -0.39 is 0 Å². The van der Waals surface area contributed by atoms with Crippen LogP contribution in [-0.4, -0.2) is 11.5 Å². The molecule has 1 aromatic carbocycles. The lowest BCUT2D eigenvalue weighted by atomic mass is 10.0. The van der Waals surface area contributed by atoms with Crippen LogP contribution in [0.4, 0.5) is 4.39 Å². The first-order valence-electron chi connectivity index (χ1n) is 6.67. The van der Waals surface area contributed by atoms with Gasteiger partial charge in [-0.2, -0.15) is 0 Å². The van der Waals surface area contributed by atoms with Crippen molar-refractivity contribution >= 4 is 0 Å². The van der Waals surface area contributed by atoms with Crippen molar-refractivity contribution in [2.75, 3.05) is 6.54 Å². The number of nitrogens with one attached hydrogen (secondary N) is 1. The lowest BCUT2D eigenvalue weighted by molar-refractivity contribution is 0.617. The first-order chi connectivity index (χ1) is 9.29. The van der Waals surface area contributed by atoms with Gasteiger partial charge in [-0.25, -0.2) is 4.39 Å². The van der Waals surface area contributed by atoms with Crippen molar-refractivity contribution in [3.63, 3.8) is 0 Å². The Kier molecular flexibility index (Phi) is 5.04. The number of benzene rings is 1. The van der Waals surface area contributed by atoms with Crippen LogP contribution in [0.1, 0.15) is 30.2 Å². The minimum absolute atomic E-state index is 0.182. The van der Waals surface area contributed by atoms with Crippen LogP contribution >= 0.6 is 0 Å². The normalized spacial score (nSPS) is 10.6. The molecule has 0 unspecified atom stereocenters. The fraction of sp³-hybridized carbons (Fsp3) is 0.312. The van der Waals surface area contributed by atoms with Crippen molar-refractivity contribution in [2.45, 2.75) is 26.3 Å². The van der Waals surface area contributed by atoms with Gasteiger partial charge in [0, 0.05) is 24.9 Å². The molecule has 0 saturated carbocycles. The average Bonchev–Trinajstić information content (AvgIpc) is 2.43. The average molecular weight is 258 g/mol. The highest BCUT2D eigenvalue weighted by Crippen LogP contribution is 2.15. The zero-order chi connectivity index (χ0) is 13.5. The molecule has 0 atom stereocenters. The Morgan fingerprint density at radius 3 is 2.79 bits per heavy atom. The second kappa shape index (κ2) is 7.00. The van der Waals surface area contributed by atoms with E-state index in [2.05, 4.69) is 17.2 Å². The van der Waals surface area contributed by atoms with E-state index in [0.717, 1.165) is 36.2 Å². The Balaban J connectivity index is 2.14. The summed E-state index contributed by atoms with van der Waals surface area (Å²) in [4.78, 5) is 4.32. The van der Waals surface area contributed by atoms with Gasteiger partial charge in [0.05, 0.1) is 0 Å². The summed E-state index contributed by atoms with van der Waals surface area (Å²) in [6, 6.07) is 10.8. The smallest absolute Gasteiger partial charge is 0.123 e. The van der Waals surface area contributed by atoms with Gasteiger partial charge in [-0.3, -0.25) is 4.98 Å². The number of nitrogens with zero attached hydrogens (tertiary/aromatic N) is 1. The Labute approximate surface area is 113 Å². The third kappa shape index (κ3) is 4.14. The largest absolute Gasteiger partial charge is 0.313 e. The maximum Gasteiger partial charge on any atom is 0.123 e. The molecule has 19 heavy (non-hydrogen) atoms. The highest BCUT2D eigenvalue weighted by atomic mass is 19.1. The zero-order valence-electron chi connectivity index (χ0n) is 11.2. The minimum atomic E-state index is -0.182. The van der Waals surface area contributed by atoms with Crippen LogP contribution in [0.5, 0.6) is 0 Å². The molecule has 1 heterocycles. The second-order valence-corrected chi connectivity index (χ2v) is 4.59. The van der Waals surface area contributed by atoms with Crippen LogP contribution in [0.3, 0.4) is 0 Å². The van der Waals surface area contributed by atoms with E-state index >= 15 is 0 Å². The summed E-state index contributed by atoms with van der Waals surface area (Å²) >= 11 is 0. The van der Waals surface area contributed by atoms with Crippen molar-refractivity contribution in [1.82, 2.24) is 10.3 Å². The van der Waals surface area contributed by atoms with E-state index in [4.69, 9.17) is 0 Å². The van der Waals surface area contributed by atoms with Crippen LogP contribution in [0, 0.1) is 5.82 Å². The maximum absolute atomic E-state index is 13.4. The van der Waals surface area contributed by atoms with Gasteiger partial charge in [0.1, 0.15) is 5.82 Å². The van der Waals surface area contributed by atoms with E-state index in [0.29, 0.717) is 6.54 Å². The van der Waals surface area contributed by atoms with E-state index in [1.807, 2.05) is 24.3 Å². The molecule has 0 saturated heterocycles. The van der Waals surface area contributed by atoms with Gasteiger partial charge in [0.25, 0.3) is 0 Å². The van der Waals surface area contributed by atoms with Crippen LogP contribution in [-0.2, 0) is 13.0 Å². The highest BCUT2D eigenvalue weighted by molar-refractivity contribution is 5.31. The van der Waals surface area contributed by atoms with E-state index in [-0.39, 0.29) is 5.82 Å². The molecule has 0 spiro atoms. The first kappa shape index (κ1) is 13.7. The number of hydrogen-bond acceptors (Lipinski definition) is 2. The molecule has 3 heteroatoms. The number of halogens is 1. The summed E-state index contributed by atoms with van der Waals surface area (Å²) in [5.74, 6) is -0.182. The summed E-state index contributed by atoms with van der Waals surface area (Å²) < 4.78 is 13.4. The fourth-order valence-corrected chi connectivity index (χ4v) is 2.03. The topological polar surface area (TPSA) is 24.9 Å². The number of pyridine rings is 1. The molecule has 2 rings (SSSR count). The van der Waals surface area contributed by atoms with Crippen molar-refractivity contribution in [2.24, 2.45) is 0 Å². The van der Waals surface area contributed by atoms with Gasteiger partial charge >= 0.3 is 0 Å². The summed E-state index contributed by atoms with van der Waals surface area (Å²) in [6.45, 7) is 3.76. The molecule has 0 amide bonds. The number of aromatic nitrogens is 1. The second-order valence-electron chi connectivity index (χ2n) is 4.59. The van der Waals surface area contributed by atoms with Gasteiger partial charge in [-0.1, -0.05) is 19.1 Å². The van der Waals surface area contributed by atoms with Crippen LogP contribution in [0.25, 0.3) is 0 Å². The molecule has 0 bridgehead atoms. The Hall–Kier alpha value is -1.74. The van der Waals surface area contributed by atoms with E-state index in [9.17, 15) is 4.39 Å². The molecule has 2 aromatic rings. The van der Waals surface area contributed by atoms with Crippen molar-refractivity contribution in [1.29, 1.82) is 0 Å². The molecule has 0 aliphatic carbocycles. The standard InChI is InChI=1S/C16H19FN2/c1-2-8-18-12-14-10-15(17)7-6-13(14)11-16-5-3-4-9-19-16/h3-7,9-10,18H,2,8,11-12H2,1H3. The number of rotatable bonds is 6. The van der Waals surface area contributed by atoms with Gasteiger partial charge in [-0.15, -0.1) is 0 Å². The molecule has 0 aliphatic rings. The molecule has 1 aromatic heterocycles. The zero-order valence-corrected chi connectivity index (χ0v) is 11.2. The fourth-order valence-electron chi connectivity index (χ4n) is 2.03. The van der Waals surface area contributed by atoms with Crippen LogP contribution in [0.15, 0.2) is 42.6 Å². The number of hydrogen-bond donors (Lipinski definition) is 1. The Morgan fingerprint density at radius 1 is 1.16 bits per heavy atom. The highest BCUT2D eigenvalue weighted by Gasteiger charge is 2.05. The summed E-state index contributed by atoms with van der Waals surface area (Å²) in [5, 5.41) is 3.32. The molecule has 100 valence electrons. The van der Waals surface area contributed by atoms with E-state index in [1.54, 1.807) is 12.3 Å². The Morgan fingerprint density at radius 2 is 2.05 bits per heavy atom. The monoisotopic (exact) mass is 258 g/mol. The SMILES string of the molecule is CCCNCc1cc(F)ccc1Cc1ccccn1. The quantitative estimate of drug-likeness (QED) is 0.804. The molecule has 0 fully saturated rings. The molecular weight excluding hydrogens is 239 g/mol.